The molecule has 0 spiro atoms. The Bertz CT molecular complexity index is 1100. The van der Waals surface area contributed by atoms with Gasteiger partial charge in [-0.25, -0.2) is 9.78 Å². The van der Waals surface area contributed by atoms with Crippen LogP contribution in [0, 0.1) is 0 Å². The van der Waals surface area contributed by atoms with Crippen molar-refractivity contribution >= 4 is 23.3 Å². The smallest absolute Gasteiger partial charge is 0.408 e. The maximum atomic E-state index is 12.1. The molecule has 0 unspecified atom stereocenters. The fourth-order valence-electron chi connectivity index (χ4n) is 4.61. The topological polar surface area (TPSA) is 91.5 Å². The lowest BCUT2D eigenvalue weighted by Crippen LogP contribution is -2.60. The molecule has 32 heavy (non-hydrogen) atoms. The van der Waals surface area contributed by atoms with Crippen molar-refractivity contribution in [1.82, 2.24) is 9.88 Å². The van der Waals surface area contributed by atoms with Crippen LogP contribution in [0.2, 0.25) is 0 Å². The van der Waals surface area contributed by atoms with Crippen molar-refractivity contribution in [3.05, 3.63) is 72.3 Å². The van der Waals surface area contributed by atoms with Crippen LogP contribution in [0.3, 0.4) is 0 Å². The Morgan fingerprint density at radius 1 is 1.03 bits per heavy atom. The number of benzene rings is 2. The molecule has 1 fully saturated rings. The lowest BCUT2D eigenvalue weighted by molar-refractivity contribution is -0.0327. The Hall–Kier alpha value is -3.54. The Kier molecular flexibility index (Phi) is 5.55. The van der Waals surface area contributed by atoms with Crippen LogP contribution in [0.1, 0.15) is 45.6 Å². The first kappa shape index (κ1) is 21.7. The van der Waals surface area contributed by atoms with E-state index in [0.717, 1.165) is 41.8 Å². The van der Waals surface area contributed by atoms with Gasteiger partial charge in [0, 0.05) is 16.8 Å². The van der Waals surface area contributed by atoms with Gasteiger partial charge in [-0.1, -0.05) is 42.5 Å². The number of nitrogen functional groups attached to an aromatic ring is 1. The number of carbonyl (C=O) groups is 1. The van der Waals surface area contributed by atoms with Crippen molar-refractivity contribution in [3.8, 4) is 11.3 Å². The molecule has 0 saturated heterocycles. The molecule has 1 aliphatic carbocycles. The molecule has 0 radical (unpaired) electrons. The number of amides is 1. The Morgan fingerprint density at radius 3 is 2.22 bits per heavy atom. The van der Waals surface area contributed by atoms with Crippen molar-refractivity contribution < 1.29 is 9.90 Å². The van der Waals surface area contributed by atoms with E-state index in [-0.39, 0.29) is 0 Å². The molecule has 6 heteroatoms. The maximum absolute atomic E-state index is 12.1. The third-order valence-corrected chi connectivity index (χ3v) is 6.15. The molecule has 0 atom stereocenters. The molecule has 4 N–H and O–H groups in total. The Morgan fingerprint density at radius 2 is 1.69 bits per heavy atom. The zero-order chi connectivity index (χ0) is 22.9. The average Bonchev–Trinajstić information content (AvgIpc) is 2.72. The zero-order valence-corrected chi connectivity index (χ0v) is 18.8. The minimum absolute atomic E-state index is 0.479. The highest BCUT2D eigenvalue weighted by Gasteiger charge is 2.50. The van der Waals surface area contributed by atoms with Gasteiger partial charge in [-0.15, -0.1) is 0 Å². The van der Waals surface area contributed by atoms with Gasteiger partial charge in [-0.05, 0) is 69.9 Å². The number of anilines is 3. The number of nitrogens with one attached hydrogen (secondary N) is 1. The number of hydrogen-bond donors (Lipinski definition) is 3. The number of rotatable bonds is 5. The molecule has 6 nitrogen and oxygen atoms in total. The van der Waals surface area contributed by atoms with Crippen molar-refractivity contribution in [2.75, 3.05) is 11.1 Å². The predicted octanol–water partition coefficient (Wildman–Crippen LogP) is 6.23. The number of carboxylic acid groups (broad SMARTS) is 1. The lowest BCUT2D eigenvalue weighted by atomic mass is 9.69. The van der Waals surface area contributed by atoms with E-state index in [1.807, 2.05) is 87.5 Å². The van der Waals surface area contributed by atoms with Gasteiger partial charge in [0.1, 0.15) is 0 Å². The first-order valence-corrected chi connectivity index (χ1v) is 10.9. The number of nitrogens with two attached hydrogens (primary N) is 1. The van der Waals surface area contributed by atoms with Crippen LogP contribution in [-0.4, -0.2) is 26.6 Å². The molecule has 0 aliphatic heterocycles. The molecule has 166 valence electrons. The van der Waals surface area contributed by atoms with Gasteiger partial charge < -0.3 is 16.2 Å². The lowest BCUT2D eigenvalue weighted by Gasteiger charge is -2.54. The van der Waals surface area contributed by atoms with Crippen molar-refractivity contribution in [2.45, 2.75) is 51.1 Å². The summed E-state index contributed by atoms with van der Waals surface area (Å²) in [4.78, 5) is 18.5. The van der Waals surface area contributed by atoms with Crippen LogP contribution in [0.4, 0.5) is 22.0 Å². The molecule has 4 rings (SSSR count). The summed E-state index contributed by atoms with van der Waals surface area (Å²) in [5.74, 6) is 0.597. The van der Waals surface area contributed by atoms with Gasteiger partial charge in [-0.2, -0.15) is 0 Å². The molecular formula is C26H30N4O2. The summed E-state index contributed by atoms with van der Waals surface area (Å²) >= 11 is 0. The van der Waals surface area contributed by atoms with E-state index in [4.69, 9.17) is 10.7 Å². The number of pyridine rings is 1. The van der Waals surface area contributed by atoms with Crippen molar-refractivity contribution in [3.63, 3.8) is 0 Å². The molecule has 1 heterocycles. The third-order valence-electron chi connectivity index (χ3n) is 6.15. The summed E-state index contributed by atoms with van der Waals surface area (Å²) in [6.07, 6.45) is 1.80. The summed E-state index contributed by atoms with van der Waals surface area (Å²) in [7, 11) is 0. The Balaban J connectivity index is 1.60. The van der Waals surface area contributed by atoms with E-state index < -0.39 is 17.2 Å². The van der Waals surface area contributed by atoms with Gasteiger partial charge in [0.25, 0.3) is 0 Å². The summed E-state index contributed by atoms with van der Waals surface area (Å²) in [6.45, 7) is 5.85. The molecule has 1 amide bonds. The fourth-order valence-corrected chi connectivity index (χ4v) is 4.61. The van der Waals surface area contributed by atoms with Gasteiger partial charge in [0.15, 0.2) is 5.82 Å². The molecule has 1 aliphatic rings. The third kappa shape index (κ3) is 4.00. The second kappa shape index (κ2) is 8.19. The van der Waals surface area contributed by atoms with E-state index in [2.05, 4.69) is 5.32 Å². The van der Waals surface area contributed by atoms with Crippen molar-refractivity contribution in [2.24, 2.45) is 0 Å². The van der Waals surface area contributed by atoms with E-state index >= 15 is 0 Å². The minimum atomic E-state index is -0.880. The van der Waals surface area contributed by atoms with Crippen LogP contribution in [-0.2, 0) is 5.54 Å². The quantitative estimate of drug-likeness (QED) is 0.446. The standard InChI is InChI=1S/C26H30N4O2/c1-25(2,3)30(24(31)32)26(16-7-17-26)19-10-12-20(13-11-19)28-23-21(27)14-15-22(29-23)18-8-5-4-6-9-18/h4-6,8-15H,7,16-17,27H2,1-3H3,(H,28,29)(H,31,32). The normalized spacial score (nSPS) is 15.0. The molecule has 0 bridgehead atoms. The average molecular weight is 431 g/mol. The maximum Gasteiger partial charge on any atom is 0.408 e. The van der Waals surface area contributed by atoms with Crippen LogP contribution >= 0.6 is 0 Å². The van der Waals surface area contributed by atoms with Gasteiger partial charge in [-0.3, -0.25) is 4.90 Å². The van der Waals surface area contributed by atoms with Crippen LogP contribution in [0.5, 0.6) is 0 Å². The van der Waals surface area contributed by atoms with Gasteiger partial charge in [0.2, 0.25) is 0 Å². The van der Waals surface area contributed by atoms with E-state index in [1.165, 1.54) is 0 Å². The van der Waals surface area contributed by atoms with Gasteiger partial charge in [0.05, 0.1) is 16.9 Å². The van der Waals surface area contributed by atoms with Crippen molar-refractivity contribution in [1.29, 1.82) is 0 Å². The predicted molar refractivity (Wildman–Crippen MR) is 129 cm³/mol. The molecule has 2 aromatic carbocycles. The molecular weight excluding hydrogens is 400 g/mol. The molecule has 3 aromatic rings. The zero-order valence-electron chi connectivity index (χ0n) is 18.8. The fraction of sp³-hybridized carbons (Fsp3) is 0.308. The number of nitrogens with zero attached hydrogens (tertiary/aromatic N) is 2. The van der Waals surface area contributed by atoms with Crippen LogP contribution in [0.25, 0.3) is 11.3 Å². The highest BCUT2D eigenvalue weighted by molar-refractivity contribution is 5.73. The molecule has 1 saturated carbocycles. The van der Waals surface area contributed by atoms with Gasteiger partial charge >= 0.3 is 6.09 Å². The largest absolute Gasteiger partial charge is 0.465 e. The number of hydrogen-bond acceptors (Lipinski definition) is 4. The second-order valence-corrected chi connectivity index (χ2v) is 9.38. The SMILES string of the molecule is CC(C)(C)N(C(=O)O)C1(c2ccc(Nc3nc(-c4ccccc4)ccc3N)cc2)CCC1. The second-order valence-electron chi connectivity index (χ2n) is 9.38. The first-order valence-electron chi connectivity index (χ1n) is 10.9. The monoisotopic (exact) mass is 430 g/mol. The van der Waals surface area contributed by atoms with E-state index in [9.17, 15) is 9.90 Å². The van der Waals surface area contributed by atoms with E-state index in [0.29, 0.717) is 11.5 Å². The highest BCUT2D eigenvalue weighted by atomic mass is 16.4. The minimum Gasteiger partial charge on any atom is -0.465 e. The molecule has 1 aromatic heterocycles. The highest BCUT2D eigenvalue weighted by Crippen LogP contribution is 2.49. The summed E-state index contributed by atoms with van der Waals surface area (Å²) in [5, 5.41) is 13.3. The van der Waals surface area contributed by atoms with Crippen LogP contribution in [0.15, 0.2) is 66.7 Å². The number of aromatic nitrogens is 1. The summed E-state index contributed by atoms with van der Waals surface area (Å²) < 4.78 is 0. The van der Waals surface area contributed by atoms with E-state index in [1.54, 1.807) is 4.90 Å². The first-order chi connectivity index (χ1) is 15.2. The summed E-state index contributed by atoms with van der Waals surface area (Å²) in [5.41, 5.74) is 9.50. The summed E-state index contributed by atoms with van der Waals surface area (Å²) in [6, 6.07) is 21.7. The Labute approximate surface area is 189 Å². The van der Waals surface area contributed by atoms with Crippen LogP contribution < -0.4 is 11.1 Å².